The third-order valence-electron chi connectivity index (χ3n) is 0.517. The Hall–Kier alpha value is -1.14. The smallest absolute Gasteiger partial charge is 0.767 e. The third kappa shape index (κ3) is 152. The molecule has 0 aromatic rings. The van der Waals surface area contributed by atoms with Gasteiger partial charge in [-0.3, -0.25) is 4.57 Å². The molecule has 177 valence electrons. The normalized spacial score (nSPS) is 11.7. The number of nitrogens with zero attached hydrogens (tertiary/aromatic N) is 4. The van der Waals surface area contributed by atoms with Crippen molar-refractivity contribution in [2.45, 2.75) is 0 Å². The molecule has 1 unspecified atom stereocenters. The van der Waals surface area contributed by atoms with E-state index in [0.717, 1.165) is 17.4 Å². The predicted octanol–water partition coefficient (Wildman–Crippen LogP) is -0.754. The van der Waals surface area contributed by atoms with E-state index in [4.69, 9.17) is 55.3 Å². The van der Waals surface area contributed by atoms with Crippen LogP contribution in [0, 0.1) is 44.3 Å². The van der Waals surface area contributed by atoms with E-state index < -0.39 is 37.6 Å². The monoisotopic (exact) mass is 577 g/mol. The van der Waals surface area contributed by atoms with Crippen LogP contribution < -0.4 is 4.89 Å². The van der Waals surface area contributed by atoms with E-state index in [2.05, 4.69) is 0 Å². The van der Waals surface area contributed by atoms with Gasteiger partial charge in [-0.1, -0.05) is 0 Å². The van der Waals surface area contributed by atoms with Gasteiger partial charge in [0, 0.05) is 0 Å². The zero-order chi connectivity index (χ0) is 25.3. The Kier molecular flexibility index (Phi) is 26.6. The maximum absolute atomic E-state index is 9.75. The number of hydrogen-bond acceptors (Lipinski definition) is 9. The van der Waals surface area contributed by atoms with Gasteiger partial charge in [0.1, 0.15) is 5.81 Å². The third-order valence-corrected chi connectivity index (χ3v) is 1.55. The van der Waals surface area contributed by atoms with E-state index in [1.807, 2.05) is 0 Å². The summed E-state index contributed by atoms with van der Waals surface area (Å²) in [6.07, 6.45) is 0. The van der Waals surface area contributed by atoms with Crippen molar-refractivity contribution in [2.24, 2.45) is 0 Å². The van der Waals surface area contributed by atoms with Gasteiger partial charge in [-0.25, -0.2) is 13.7 Å². The van der Waals surface area contributed by atoms with Crippen LogP contribution in [0.3, 0.4) is 0 Å². The average molecular weight is 577 g/mol. The summed E-state index contributed by atoms with van der Waals surface area (Å²) in [6.45, 7) is 0. The Morgan fingerprint density at radius 3 is 0.667 bits per heavy atom. The molecule has 0 aromatic carbocycles. The van der Waals surface area contributed by atoms with Crippen molar-refractivity contribution in [3.05, 3.63) is 0 Å². The standard InChI is InChI=1S/4CH2NO3P.BF4.Cu/c4*2-1-6(3,4)5;2-1(3,4)5;/h4*(H2,3,4,5);;/q;;;;-1;+2/p-1. The zero-order valence-electron chi connectivity index (χ0n) is 13.1. The maximum Gasteiger partial charge on any atom is 2.00 e. The summed E-state index contributed by atoms with van der Waals surface area (Å²) in [4.78, 5) is 62.1. The van der Waals surface area contributed by atoms with Crippen LogP contribution in [0.5, 0.6) is 0 Å². The number of halogens is 4. The molecule has 1 atom stereocenters. The van der Waals surface area contributed by atoms with E-state index >= 15 is 0 Å². The maximum atomic E-state index is 9.75. The van der Waals surface area contributed by atoms with Crippen LogP contribution in [-0.4, -0.2) is 41.5 Å². The molecular formula is C4H7BCuF4N4O12P4. The zero-order valence-corrected chi connectivity index (χ0v) is 17.7. The van der Waals surface area contributed by atoms with Crippen LogP contribution in [0.2, 0.25) is 0 Å². The first kappa shape index (κ1) is 42.9. The van der Waals surface area contributed by atoms with E-state index in [-0.39, 0.29) is 17.1 Å². The first-order chi connectivity index (χ1) is 12.2. The van der Waals surface area contributed by atoms with Crippen LogP contribution in [0.4, 0.5) is 17.3 Å². The van der Waals surface area contributed by atoms with E-state index in [9.17, 15) is 40.4 Å². The Labute approximate surface area is 174 Å². The molecule has 0 saturated carbocycles. The molecule has 0 aliphatic rings. The summed E-state index contributed by atoms with van der Waals surface area (Å²) in [6, 6.07) is 0. The second-order valence-corrected chi connectivity index (χ2v) is 8.15. The van der Waals surface area contributed by atoms with E-state index in [0.29, 0.717) is 5.81 Å². The molecule has 7 N–H and O–H groups in total. The minimum absolute atomic E-state index is 0. The van der Waals surface area contributed by atoms with Gasteiger partial charge in [0.05, 0.1) is 0 Å². The summed E-state index contributed by atoms with van der Waals surface area (Å²) in [5.41, 5.74) is 0. The molecule has 0 rings (SSSR count). The average Bonchev–Trinajstić information content (AvgIpc) is 2.44. The molecule has 0 bridgehead atoms. The minimum Gasteiger partial charge on any atom is -0.767 e. The van der Waals surface area contributed by atoms with Gasteiger partial charge in [-0.15, -0.1) is 0 Å². The quantitative estimate of drug-likeness (QED) is 0.106. The Bertz CT molecular complexity index is 701. The summed E-state index contributed by atoms with van der Waals surface area (Å²) < 4.78 is 76.2. The van der Waals surface area contributed by atoms with Crippen LogP contribution >= 0.6 is 30.4 Å². The van der Waals surface area contributed by atoms with Crippen molar-refractivity contribution in [3.8, 4) is 23.2 Å². The number of nitriles is 4. The van der Waals surface area contributed by atoms with Crippen molar-refractivity contribution in [2.75, 3.05) is 0 Å². The van der Waals surface area contributed by atoms with Crippen molar-refractivity contribution in [1.29, 1.82) is 21.0 Å². The van der Waals surface area contributed by atoms with Crippen LogP contribution in [-0.2, 0) is 35.3 Å². The minimum atomic E-state index is -6.00. The van der Waals surface area contributed by atoms with E-state index in [1.165, 1.54) is 0 Å². The molecule has 30 heavy (non-hydrogen) atoms. The van der Waals surface area contributed by atoms with Crippen LogP contribution in [0.1, 0.15) is 0 Å². The summed E-state index contributed by atoms with van der Waals surface area (Å²) in [7, 11) is -23.6. The molecule has 1 radical (unpaired) electrons. The van der Waals surface area contributed by atoms with E-state index in [1.54, 1.807) is 0 Å². The molecule has 0 saturated heterocycles. The molecular weight excluding hydrogens is 570 g/mol. The molecule has 0 heterocycles. The first-order valence-electron chi connectivity index (χ1n) is 4.97. The van der Waals surface area contributed by atoms with Crippen molar-refractivity contribution >= 4 is 37.6 Å². The van der Waals surface area contributed by atoms with Crippen molar-refractivity contribution < 1.29 is 91.7 Å². The van der Waals surface area contributed by atoms with Gasteiger partial charge >= 0.3 is 47.1 Å². The summed E-state index contributed by atoms with van der Waals surface area (Å²) in [5.74, 6) is 2.97. The van der Waals surface area contributed by atoms with Crippen LogP contribution in [0.25, 0.3) is 0 Å². The topological polar surface area (TPSA) is 328 Å². The largest absolute Gasteiger partial charge is 2.00 e. The van der Waals surface area contributed by atoms with Gasteiger partial charge in [0.25, 0.3) is 0 Å². The Morgan fingerprint density at radius 1 is 0.600 bits per heavy atom. The second kappa shape index (κ2) is 18.6. The van der Waals surface area contributed by atoms with Gasteiger partial charge < -0.3 is 56.4 Å². The summed E-state index contributed by atoms with van der Waals surface area (Å²) >= 11 is 0. The predicted molar refractivity (Wildman–Crippen MR) is 78.6 cm³/mol. The van der Waals surface area contributed by atoms with Gasteiger partial charge in [-0.2, -0.15) is 21.0 Å². The molecule has 0 fully saturated rings. The molecule has 0 aliphatic carbocycles. The second-order valence-electron chi connectivity index (χ2n) is 3.05. The molecule has 0 spiro atoms. The fourth-order valence-corrected chi connectivity index (χ4v) is 0. The Morgan fingerprint density at radius 2 is 0.667 bits per heavy atom. The molecule has 0 amide bonds. The van der Waals surface area contributed by atoms with Crippen molar-refractivity contribution in [3.63, 3.8) is 0 Å². The van der Waals surface area contributed by atoms with Crippen molar-refractivity contribution in [1.82, 2.24) is 0 Å². The summed E-state index contributed by atoms with van der Waals surface area (Å²) in [5, 5.41) is 29.5. The number of hydrogen-bond donors (Lipinski definition) is 7. The fraction of sp³-hybridized carbons (Fsp3) is 0. The first-order valence-corrected chi connectivity index (χ1v) is 11.4. The fourth-order valence-electron chi connectivity index (χ4n) is 0. The van der Waals surface area contributed by atoms with Gasteiger partial charge in [0.2, 0.25) is 7.60 Å². The van der Waals surface area contributed by atoms with Crippen LogP contribution in [0.15, 0.2) is 0 Å². The molecule has 26 heteroatoms. The molecule has 0 aromatic heterocycles. The van der Waals surface area contributed by atoms with Gasteiger partial charge in [0.15, 0.2) is 17.4 Å². The molecule has 0 aliphatic heterocycles. The SMILES string of the molecule is F[B-](F)(F)F.N#CP(=O)(O)O.N#CP(=O)(O)O.N#CP(=O)(O)O.N#CP(=O)([O-])O.[Cu+2]. The number of rotatable bonds is 0. The molecule has 16 nitrogen and oxygen atoms in total. The van der Waals surface area contributed by atoms with Gasteiger partial charge in [-0.05, 0) is 0 Å². The Balaban J connectivity index is -0.0000000596.